The summed E-state index contributed by atoms with van der Waals surface area (Å²) in [6.07, 6.45) is 5.91. The minimum atomic E-state index is -4.15. The van der Waals surface area contributed by atoms with Crippen LogP contribution in [0.2, 0.25) is 0 Å². The molecule has 2 aromatic rings. The average Bonchev–Trinajstić information content (AvgIpc) is 2.87. The Labute approximate surface area is 138 Å². The monoisotopic (exact) mass is 348 g/mol. The molecule has 1 aromatic heterocycles. The predicted octanol–water partition coefficient (Wildman–Crippen LogP) is 3.68. The number of aryl methyl sites for hydroxylation is 1. The summed E-state index contributed by atoms with van der Waals surface area (Å²) >= 11 is 0. The van der Waals surface area contributed by atoms with E-state index in [-0.39, 0.29) is 18.3 Å². The predicted molar refractivity (Wildman–Crippen MR) is 82.9 cm³/mol. The molecule has 0 saturated heterocycles. The highest BCUT2D eigenvalue weighted by atomic mass is 35.5. The quantitative estimate of drug-likeness (QED) is 0.726. The first-order valence-corrected chi connectivity index (χ1v) is 8.89. The molecule has 0 aliphatic heterocycles. The van der Waals surface area contributed by atoms with Gasteiger partial charge in [-0.3, -0.25) is 0 Å². The van der Waals surface area contributed by atoms with Gasteiger partial charge in [-0.2, -0.15) is 0 Å². The third-order valence-corrected chi connectivity index (χ3v) is 6.70. The van der Waals surface area contributed by atoms with Gasteiger partial charge in [0.25, 0.3) is 0 Å². The lowest BCUT2D eigenvalue weighted by atomic mass is 9.88. The van der Waals surface area contributed by atoms with E-state index < -0.39 is 16.0 Å². The number of rotatable bonds is 2. The summed E-state index contributed by atoms with van der Waals surface area (Å²) in [6.45, 7) is 2.01. The van der Waals surface area contributed by atoms with Crippen LogP contribution in [0.4, 0.5) is 13.2 Å². The Morgan fingerprint density at radius 2 is 1.82 bits per heavy atom. The lowest BCUT2D eigenvalue weighted by molar-refractivity contribution is -0.0868. The van der Waals surface area contributed by atoms with Crippen LogP contribution in [0.5, 0.6) is 0 Å². The third-order valence-electron chi connectivity index (χ3n) is 4.52. The highest BCUT2D eigenvalue weighted by Gasteiger charge is 2.49. The molecule has 0 bridgehead atoms. The van der Waals surface area contributed by atoms with Gasteiger partial charge in [0.1, 0.15) is 0 Å². The Morgan fingerprint density at radius 1 is 1.14 bits per heavy atom. The van der Waals surface area contributed by atoms with Gasteiger partial charge in [0.2, 0.25) is 0 Å². The van der Waals surface area contributed by atoms with E-state index in [1.54, 1.807) is 12.1 Å². The SMILES string of the molecule is CCc1cccc2c1cc(C1CCCCC1)[s+]2C(F)(F)F.[Cl-]. The van der Waals surface area contributed by atoms with Crippen LogP contribution in [0.1, 0.15) is 55.4 Å². The lowest BCUT2D eigenvalue weighted by Crippen LogP contribution is -3.00. The fourth-order valence-electron chi connectivity index (χ4n) is 3.50. The van der Waals surface area contributed by atoms with Crippen LogP contribution in [-0.4, -0.2) is 0 Å². The van der Waals surface area contributed by atoms with E-state index in [0.717, 1.165) is 49.5 Å². The van der Waals surface area contributed by atoms with Crippen molar-refractivity contribution in [1.29, 1.82) is 0 Å². The molecule has 22 heavy (non-hydrogen) atoms. The normalized spacial score (nSPS) is 17.5. The second-order valence-electron chi connectivity index (χ2n) is 5.82. The highest BCUT2D eigenvalue weighted by Crippen LogP contribution is 2.55. The zero-order chi connectivity index (χ0) is 15.0. The van der Waals surface area contributed by atoms with E-state index in [4.69, 9.17) is 0 Å². The maximum atomic E-state index is 13.7. The molecular weight excluding hydrogens is 329 g/mol. The summed E-state index contributed by atoms with van der Waals surface area (Å²) in [5, 5.41) is 0.848. The highest BCUT2D eigenvalue weighted by molar-refractivity contribution is 7.38. The van der Waals surface area contributed by atoms with Crippen LogP contribution in [0.15, 0.2) is 24.3 Å². The molecule has 1 atom stereocenters. The second-order valence-corrected chi connectivity index (χ2v) is 7.80. The van der Waals surface area contributed by atoms with Crippen molar-refractivity contribution < 1.29 is 25.6 Å². The molecule has 1 aliphatic carbocycles. The summed E-state index contributed by atoms with van der Waals surface area (Å²) in [5.74, 6) is 0.126. The van der Waals surface area contributed by atoms with Gasteiger partial charge < -0.3 is 12.4 Å². The van der Waals surface area contributed by atoms with Crippen molar-refractivity contribution in [2.45, 2.75) is 56.9 Å². The van der Waals surface area contributed by atoms with Gasteiger partial charge in [0.15, 0.2) is 9.58 Å². The third kappa shape index (κ3) is 3.13. The maximum absolute atomic E-state index is 13.7. The van der Waals surface area contributed by atoms with Crippen molar-refractivity contribution in [3.8, 4) is 0 Å². The van der Waals surface area contributed by atoms with Crippen molar-refractivity contribution in [3.05, 3.63) is 34.7 Å². The zero-order valence-corrected chi connectivity index (χ0v) is 14.1. The van der Waals surface area contributed by atoms with Crippen LogP contribution >= 0.6 is 10.5 Å². The van der Waals surface area contributed by atoms with E-state index in [0.29, 0.717) is 9.58 Å². The van der Waals surface area contributed by atoms with Gasteiger partial charge in [0.05, 0.1) is 10.5 Å². The molecule has 5 heteroatoms. The molecule has 0 amide bonds. The van der Waals surface area contributed by atoms with Gasteiger partial charge in [-0.15, -0.1) is 13.2 Å². The number of thiophene rings is 1. The summed E-state index contributed by atoms with van der Waals surface area (Å²) in [6, 6.07) is 7.29. The van der Waals surface area contributed by atoms with Crippen molar-refractivity contribution in [2.24, 2.45) is 0 Å². The number of benzene rings is 1. The molecule has 0 N–H and O–H groups in total. The molecule has 1 aliphatic rings. The number of halogens is 4. The summed E-state index contributed by atoms with van der Waals surface area (Å²) < 4.78 is 41.5. The Bertz CT molecular complexity index is 639. The minimum Gasteiger partial charge on any atom is -1.00 e. The lowest BCUT2D eigenvalue weighted by Gasteiger charge is -2.18. The molecule has 122 valence electrons. The van der Waals surface area contributed by atoms with Gasteiger partial charge in [-0.1, -0.05) is 38.3 Å². The Hall–Kier alpha value is -0.740. The molecule has 0 nitrogen and oxygen atoms in total. The number of hydrogen-bond acceptors (Lipinski definition) is 0. The van der Waals surface area contributed by atoms with Crippen molar-refractivity contribution >= 4 is 20.6 Å². The van der Waals surface area contributed by atoms with Crippen molar-refractivity contribution in [2.75, 3.05) is 0 Å². The van der Waals surface area contributed by atoms with Crippen LogP contribution in [0, 0.1) is 0 Å². The summed E-state index contributed by atoms with van der Waals surface area (Å²) in [7, 11) is -1.71. The second kappa shape index (κ2) is 6.79. The standard InChI is InChI=1S/C17H20F3S.ClH/c1-2-12-9-6-10-15-14(12)11-16(21(15)17(18,19)20)13-7-4-3-5-8-13;/h6,9-11,13H,2-5,7-8H2,1H3;1H/q+1;/p-1. The molecule has 1 unspecified atom stereocenters. The molecule has 0 radical (unpaired) electrons. The topological polar surface area (TPSA) is 0 Å². The largest absolute Gasteiger partial charge is 1.00 e. The minimum absolute atomic E-state index is 0. The maximum Gasteiger partial charge on any atom is 0.600 e. The number of alkyl halides is 3. The average molecular weight is 349 g/mol. The van der Waals surface area contributed by atoms with Gasteiger partial charge in [-0.05, 0) is 30.9 Å². The first kappa shape index (κ1) is 17.6. The van der Waals surface area contributed by atoms with E-state index in [1.165, 1.54) is 0 Å². The zero-order valence-electron chi connectivity index (χ0n) is 12.5. The Balaban J connectivity index is 0.00000176. The van der Waals surface area contributed by atoms with Crippen LogP contribution < -0.4 is 12.4 Å². The van der Waals surface area contributed by atoms with E-state index in [2.05, 4.69) is 0 Å². The smallest absolute Gasteiger partial charge is 0.600 e. The Kier molecular flexibility index (Phi) is 5.44. The van der Waals surface area contributed by atoms with E-state index in [9.17, 15) is 13.2 Å². The van der Waals surface area contributed by atoms with Gasteiger partial charge in [0, 0.05) is 17.4 Å². The number of fused-ring (bicyclic) bond motifs is 1. The molecule has 1 heterocycles. The van der Waals surface area contributed by atoms with Gasteiger partial charge in [-0.25, -0.2) is 0 Å². The molecule has 1 saturated carbocycles. The molecular formula is C17H20ClF3S. The van der Waals surface area contributed by atoms with Crippen molar-refractivity contribution in [1.82, 2.24) is 0 Å². The first-order valence-electron chi connectivity index (χ1n) is 7.67. The first-order chi connectivity index (χ1) is 10.0. The Morgan fingerprint density at radius 3 is 2.41 bits per heavy atom. The van der Waals surface area contributed by atoms with Crippen LogP contribution in [-0.2, 0) is 11.9 Å². The van der Waals surface area contributed by atoms with Crippen LogP contribution in [0.3, 0.4) is 0 Å². The fourth-order valence-corrected chi connectivity index (χ4v) is 5.70. The summed E-state index contributed by atoms with van der Waals surface area (Å²) in [5.41, 5.74) is -3.11. The molecule has 1 aromatic carbocycles. The van der Waals surface area contributed by atoms with E-state index in [1.807, 2.05) is 19.1 Å². The fraction of sp³-hybridized carbons (Fsp3) is 0.529. The van der Waals surface area contributed by atoms with Gasteiger partial charge >= 0.3 is 5.51 Å². The van der Waals surface area contributed by atoms with E-state index >= 15 is 0 Å². The van der Waals surface area contributed by atoms with Crippen LogP contribution in [0.25, 0.3) is 10.1 Å². The molecule has 3 rings (SSSR count). The molecule has 1 fully saturated rings. The molecule has 0 spiro atoms. The van der Waals surface area contributed by atoms with Crippen molar-refractivity contribution in [3.63, 3.8) is 0 Å². The summed E-state index contributed by atoms with van der Waals surface area (Å²) in [4.78, 5) is 0.651. The number of hydrogen-bond donors (Lipinski definition) is 0.